The maximum absolute atomic E-state index is 13.3. The molecule has 1 unspecified atom stereocenters. The lowest BCUT2D eigenvalue weighted by molar-refractivity contribution is 0.0942. The van der Waals surface area contributed by atoms with E-state index in [2.05, 4.69) is 24.1 Å². The van der Waals surface area contributed by atoms with E-state index in [0.29, 0.717) is 53.4 Å². The van der Waals surface area contributed by atoms with Crippen LogP contribution in [0.15, 0.2) is 82.3 Å². The highest BCUT2D eigenvalue weighted by molar-refractivity contribution is 6.06. The molecule has 0 bridgehead atoms. The number of amides is 1. The van der Waals surface area contributed by atoms with Crippen LogP contribution in [0.3, 0.4) is 0 Å². The maximum Gasteiger partial charge on any atom is 0.262 e. The molecule has 0 spiro atoms. The number of nitrogens with zero attached hydrogens (tertiary/aromatic N) is 2. The number of ether oxygens (including phenoxy) is 1. The van der Waals surface area contributed by atoms with Gasteiger partial charge in [0.05, 0.1) is 25.5 Å². The molecule has 0 radical (unpaired) electrons. The zero-order valence-electron chi connectivity index (χ0n) is 20.4. The van der Waals surface area contributed by atoms with Gasteiger partial charge in [-0.15, -0.1) is 0 Å². The van der Waals surface area contributed by atoms with E-state index in [1.165, 1.54) is 4.57 Å². The van der Waals surface area contributed by atoms with Crippen LogP contribution in [-0.4, -0.2) is 41.6 Å². The normalized spacial score (nSPS) is 12.1. The van der Waals surface area contributed by atoms with Gasteiger partial charge < -0.3 is 14.5 Å². The van der Waals surface area contributed by atoms with E-state index >= 15 is 0 Å². The fourth-order valence-electron chi connectivity index (χ4n) is 4.13. The van der Waals surface area contributed by atoms with E-state index in [1.807, 2.05) is 30.3 Å². The molecule has 1 atom stereocenters. The highest BCUT2D eigenvalue weighted by Crippen LogP contribution is 2.19. The van der Waals surface area contributed by atoms with E-state index in [4.69, 9.17) is 9.15 Å². The minimum atomic E-state index is -0.217. The molecule has 0 aliphatic rings. The lowest BCUT2D eigenvalue weighted by Crippen LogP contribution is -2.39. The number of carbonyl (C=O) groups is 1. The quantitative estimate of drug-likeness (QED) is 0.364. The molecule has 2 aromatic heterocycles. The Hall–Kier alpha value is -3.84. The first kappa shape index (κ1) is 24.3. The lowest BCUT2D eigenvalue weighted by Gasteiger charge is -2.27. The highest BCUT2D eigenvalue weighted by Gasteiger charge is 2.18. The van der Waals surface area contributed by atoms with Crippen LogP contribution < -0.4 is 15.6 Å². The molecule has 7 heteroatoms. The van der Waals surface area contributed by atoms with Gasteiger partial charge in [-0.2, -0.15) is 0 Å². The van der Waals surface area contributed by atoms with Crippen LogP contribution in [0.25, 0.3) is 16.5 Å². The molecule has 1 amide bonds. The molecule has 2 heterocycles. The van der Waals surface area contributed by atoms with Crippen LogP contribution in [0, 0.1) is 0 Å². The summed E-state index contributed by atoms with van der Waals surface area (Å²) < 4.78 is 12.3. The van der Waals surface area contributed by atoms with Crippen LogP contribution in [0.5, 0.6) is 5.75 Å². The predicted octanol–water partition coefficient (Wildman–Crippen LogP) is 4.62. The van der Waals surface area contributed by atoms with Gasteiger partial charge in [-0.1, -0.05) is 25.1 Å². The third kappa shape index (κ3) is 5.46. The van der Waals surface area contributed by atoms with Crippen LogP contribution >= 0.6 is 0 Å². The third-order valence-corrected chi connectivity index (χ3v) is 6.36. The molecule has 4 rings (SSSR count). The Kier molecular flexibility index (Phi) is 7.67. The number of hydrogen-bond acceptors (Lipinski definition) is 5. The molecule has 0 fully saturated rings. The molecule has 2 aromatic carbocycles. The van der Waals surface area contributed by atoms with Gasteiger partial charge in [0, 0.05) is 41.8 Å². The number of furan rings is 1. The third-order valence-electron chi connectivity index (χ3n) is 6.36. The van der Waals surface area contributed by atoms with Gasteiger partial charge in [-0.25, -0.2) is 0 Å². The number of fused-ring (bicyclic) bond motifs is 1. The SMILES string of the molecule is CCC(C)N(CCNC(=O)c1cn(-c2ccc(OC)cc2)c(=O)c2ccccc12)Cc1ccco1. The van der Waals surface area contributed by atoms with Gasteiger partial charge in [0.1, 0.15) is 11.5 Å². The summed E-state index contributed by atoms with van der Waals surface area (Å²) in [5.41, 5.74) is 0.942. The largest absolute Gasteiger partial charge is 0.497 e. The number of rotatable bonds is 10. The second-order valence-corrected chi connectivity index (χ2v) is 8.52. The lowest BCUT2D eigenvalue weighted by atomic mass is 10.1. The second-order valence-electron chi connectivity index (χ2n) is 8.52. The van der Waals surface area contributed by atoms with Crippen molar-refractivity contribution in [2.45, 2.75) is 32.9 Å². The Morgan fingerprint density at radius 3 is 2.49 bits per heavy atom. The van der Waals surface area contributed by atoms with Crippen LogP contribution in [0.1, 0.15) is 36.4 Å². The van der Waals surface area contributed by atoms with E-state index < -0.39 is 0 Å². The summed E-state index contributed by atoms with van der Waals surface area (Å²) >= 11 is 0. The number of pyridine rings is 1. The molecule has 0 saturated heterocycles. The minimum absolute atomic E-state index is 0.177. The summed E-state index contributed by atoms with van der Waals surface area (Å²) in [4.78, 5) is 28.8. The van der Waals surface area contributed by atoms with Gasteiger partial charge in [-0.05, 0) is 55.8 Å². The van der Waals surface area contributed by atoms with E-state index in [1.54, 1.807) is 49.9 Å². The van der Waals surface area contributed by atoms with Gasteiger partial charge in [-0.3, -0.25) is 19.1 Å². The number of hydrogen-bond donors (Lipinski definition) is 1. The summed E-state index contributed by atoms with van der Waals surface area (Å²) in [5.74, 6) is 1.38. The molecule has 1 N–H and O–H groups in total. The molecular formula is C28H31N3O4. The molecule has 0 saturated carbocycles. The molecule has 182 valence electrons. The fraction of sp³-hybridized carbons (Fsp3) is 0.286. The summed E-state index contributed by atoms with van der Waals surface area (Å²) in [7, 11) is 1.59. The monoisotopic (exact) mass is 473 g/mol. The van der Waals surface area contributed by atoms with Crippen LogP contribution in [0.2, 0.25) is 0 Å². The molecular weight excluding hydrogens is 442 g/mol. The van der Waals surface area contributed by atoms with Crippen molar-refractivity contribution in [3.63, 3.8) is 0 Å². The fourth-order valence-corrected chi connectivity index (χ4v) is 4.13. The molecule has 35 heavy (non-hydrogen) atoms. The second kappa shape index (κ2) is 11.1. The minimum Gasteiger partial charge on any atom is -0.497 e. The first-order chi connectivity index (χ1) is 17.0. The Morgan fingerprint density at radius 2 is 1.83 bits per heavy atom. The number of nitrogens with one attached hydrogen (secondary N) is 1. The Morgan fingerprint density at radius 1 is 1.09 bits per heavy atom. The Bertz CT molecular complexity index is 1330. The number of aromatic nitrogens is 1. The Labute approximate surface area is 204 Å². The van der Waals surface area contributed by atoms with E-state index in [0.717, 1.165) is 12.2 Å². The first-order valence-corrected chi connectivity index (χ1v) is 11.8. The molecule has 0 aliphatic carbocycles. The smallest absolute Gasteiger partial charge is 0.262 e. The van der Waals surface area contributed by atoms with Crippen LogP contribution in [0.4, 0.5) is 0 Å². The van der Waals surface area contributed by atoms with Crippen molar-refractivity contribution < 1.29 is 13.9 Å². The summed E-state index contributed by atoms with van der Waals surface area (Å²) in [5, 5.41) is 4.18. The molecule has 4 aromatic rings. The van der Waals surface area contributed by atoms with Crippen molar-refractivity contribution in [2.24, 2.45) is 0 Å². The summed E-state index contributed by atoms with van der Waals surface area (Å²) in [6.45, 7) is 6.15. The van der Waals surface area contributed by atoms with Gasteiger partial charge in [0.2, 0.25) is 0 Å². The number of carbonyl (C=O) groups excluding carboxylic acids is 1. The zero-order valence-corrected chi connectivity index (χ0v) is 20.4. The first-order valence-electron chi connectivity index (χ1n) is 11.8. The number of benzene rings is 2. The van der Waals surface area contributed by atoms with Crippen molar-refractivity contribution >= 4 is 16.7 Å². The average Bonchev–Trinajstić information content (AvgIpc) is 3.41. The van der Waals surface area contributed by atoms with Crippen molar-refractivity contribution in [1.82, 2.24) is 14.8 Å². The van der Waals surface area contributed by atoms with E-state index in [-0.39, 0.29) is 11.5 Å². The average molecular weight is 474 g/mol. The van der Waals surface area contributed by atoms with Gasteiger partial charge in [0.25, 0.3) is 11.5 Å². The topological polar surface area (TPSA) is 76.7 Å². The van der Waals surface area contributed by atoms with Crippen molar-refractivity contribution in [3.05, 3.63) is 94.8 Å². The van der Waals surface area contributed by atoms with Crippen molar-refractivity contribution in [3.8, 4) is 11.4 Å². The summed E-state index contributed by atoms with van der Waals surface area (Å²) in [6.07, 6.45) is 4.29. The molecule has 7 nitrogen and oxygen atoms in total. The van der Waals surface area contributed by atoms with E-state index in [9.17, 15) is 9.59 Å². The van der Waals surface area contributed by atoms with Gasteiger partial charge in [0.15, 0.2) is 0 Å². The number of methoxy groups -OCH3 is 1. The highest BCUT2D eigenvalue weighted by atomic mass is 16.5. The molecule has 0 aliphatic heterocycles. The Balaban J connectivity index is 1.57. The standard InChI is InChI=1S/C28H31N3O4/c1-4-20(2)30(18-23-8-7-17-35-23)16-15-29-27(32)26-19-31(21-11-13-22(34-3)14-12-21)28(33)25-10-6-5-9-24(25)26/h5-14,17,19-20H,4,15-16,18H2,1-3H3,(H,29,32). The predicted molar refractivity (Wildman–Crippen MR) is 137 cm³/mol. The maximum atomic E-state index is 13.3. The van der Waals surface area contributed by atoms with Crippen molar-refractivity contribution in [1.29, 1.82) is 0 Å². The van der Waals surface area contributed by atoms with Gasteiger partial charge >= 0.3 is 0 Å². The zero-order chi connectivity index (χ0) is 24.8. The van der Waals surface area contributed by atoms with Crippen LogP contribution in [-0.2, 0) is 6.54 Å². The van der Waals surface area contributed by atoms with Crippen molar-refractivity contribution in [2.75, 3.05) is 20.2 Å². The summed E-state index contributed by atoms with van der Waals surface area (Å²) in [6, 6.07) is 18.6.